The number of hydrogen-bond donors (Lipinski definition) is 3. The zero-order chi connectivity index (χ0) is 20.3. The van der Waals surface area contributed by atoms with Gasteiger partial charge in [0.25, 0.3) is 5.91 Å². The fourth-order valence-electron chi connectivity index (χ4n) is 3.11. The lowest BCUT2D eigenvalue weighted by Gasteiger charge is -2.38. The van der Waals surface area contributed by atoms with Crippen molar-refractivity contribution in [3.63, 3.8) is 0 Å². The Morgan fingerprint density at radius 2 is 2.29 bits per heavy atom. The molecule has 0 aromatic carbocycles. The van der Waals surface area contributed by atoms with Crippen molar-refractivity contribution in [1.82, 2.24) is 20.3 Å². The standard InChI is InChI=1S/C17H22ClN5O4S/c1-3-9-13(18)22-14(20-9)15(24)21-10-5-6-23(8-11(10)27-4-2)17-19-7-12(28-17)16(25)26/h7,10-11H,3-6,8H2,1-2H3,(H,20,22)(H,21,24)(H,25,26)/t10-,11+/m1/s1. The van der Waals surface area contributed by atoms with Gasteiger partial charge in [-0.2, -0.15) is 0 Å². The quantitative estimate of drug-likeness (QED) is 0.619. The monoisotopic (exact) mass is 427 g/mol. The summed E-state index contributed by atoms with van der Waals surface area (Å²) in [6.07, 6.45) is 2.40. The zero-order valence-corrected chi connectivity index (χ0v) is 17.1. The number of aromatic nitrogens is 3. The third-order valence-electron chi connectivity index (χ3n) is 4.53. The first-order valence-corrected chi connectivity index (χ1v) is 10.2. The second kappa shape index (κ2) is 8.89. The van der Waals surface area contributed by atoms with E-state index in [0.29, 0.717) is 42.8 Å². The number of imidazole rings is 1. The molecule has 28 heavy (non-hydrogen) atoms. The molecule has 0 saturated carbocycles. The third-order valence-corrected chi connectivity index (χ3v) is 5.89. The number of carboxylic acids is 1. The Morgan fingerprint density at radius 3 is 2.89 bits per heavy atom. The highest BCUT2D eigenvalue weighted by Gasteiger charge is 2.33. The summed E-state index contributed by atoms with van der Waals surface area (Å²) >= 11 is 7.15. The van der Waals surface area contributed by atoms with Crippen LogP contribution in [0.15, 0.2) is 6.20 Å². The molecule has 0 bridgehead atoms. The normalized spacial score (nSPS) is 19.6. The molecule has 1 fully saturated rings. The Bertz CT molecular complexity index is 854. The SMILES string of the molecule is CCO[C@H]1CN(c2ncc(C(=O)O)s2)CC[C@H]1NC(=O)c1nc(Cl)c(CC)[nH]1. The van der Waals surface area contributed by atoms with Crippen molar-refractivity contribution in [3.8, 4) is 0 Å². The van der Waals surface area contributed by atoms with Crippen molar-refractivity contribution in [2.45, 2.75) is 38.8 Å². The molecule has 2 atom stereocenters. The molecule has 3 rings (SSSR count). The highest BCUT2D eigenvalue weighted by molar-refractivity contribution is 7.17. The molecule has 2 aromatic rings. The maximum atomic E-state index is 12.6. The molecular weight excluding hydrogens is 406 g/mol. The minimum atomic E-state index is -0.990. The number of aryl methyl sites for hydroxylation is 1. The molecule has 3 N–H and O–H groups in total. The van der Waals surface area contributed by atoms with Crippen molar-refractivity contribution in [2.24, 2.45) is 0 Å². The molecule has 0 unspecified atom stereocenters. The van der Waals surface area contributed by atoms with Crippen LogP contribution >= 0.6 is 22.9 Å². The van der Waals surface area contributed by atoms with Crippen LogP contribution in [0.4, 0.5) is 5.13 Å². The van der Waals surface area contributed by atoms with Crippen molar-refractivity contribution >= 4 is 39.9 Å². The van der Waals surface area contributed by atoms with Crippen molar-refractivity contribution in [2.75, 3.05) is 24.6 Å². The van der Waals surface area contributed by atoms with Gasteiger partial charge in [0.1, 0.15) is 4.88 Å². The molecule has 1 amide bonds. The van der Waals surface area contributed by atoms with Gasteiger partial charge in [0.05, 0.1) is 24.0 Å². The third kappa shape index (κ3) is 4.45. The Labute approximate surface area is 171 Å². The average Bonchev–Trinajstić information content (AvgIpc) is 3.30. The Morgan fingerprint density at radius 1 is 1.50 bits per heavy atom. The van der Waals surface area contributed by atoms with E-state index < -0.39 is 5.97 Å². The van der Waals surface area contributed by atoms with Crippen molar-refractivity contribution in [1.29, 1.82) is 0 Å². The highest BCUT2D eigenvalue weighted by Crippen LogP contribution is 2.27. The lowest BCUT2D eigenvalue weighted by Crippen LogP contribution is -2.55. The zero-order valence-electron chi connectivity index (χ0n) is 15.6. The number of rotatable bonds is 7. The van der Waals surface area contributed by atoms with Crippen molar-refractivity contribution < 1.29 is 19.4 Å². The number of halogens is 1. The molecule has 9 nitrogen and oxygen atoms in total. The van der Waals surface area contributed by atoms with Gasteiger partial charge in [-0.3, -0.25) is 4.79 Å². The number of thiazole rings is 1. The van der Waals surface area contributed by atoms with Gasteiger partial charge in [-0.05, 0) is 19.8 Å². The lowest BCUT2D eigenvalue weighted by molar-refractivity contribution is 0.0271. The summed E-state index contributed by atoms with van der Waals surface area (Å²) in [5, 5.41) is 13.0. The molecular formula is C17H22ClN5O4S. The molecule has 11 heteroatoms. The summed E-state index contributed by atoms with van der Waals surface area (Å²) < 4.78 is 5.84. The van der Waals surface area contributed by atoms with Gasteiger partial charge < -0.3 is 25.0 Å². The van der Waals surface area contributed by atoms with Gasteiger partial charge in [0.15, 0.2) is 16.1 Å². The first-order chi connectivity index (χ1) is 13.4. The summed E-state index contributed by atoms with van der Waals surface area (Å²) in [5.41, 5.74) is 0.723. The number of anilines is 1. The molecule has 3 heterocycles. The number of piperidine rings is 1. The minimum Gasteiger partial charge on any atom is -0.477 e. The molecule has 152 valence electrons. The van der Waals surface area contributed by atoms with E-state index >= 15 is 0 Å². The fraction of sp³-hybridized carbons (Fsp3) is 0.529. The maximum absolute atomic E-state index is 12.6. The Balaban J connectivity index is 1.68. The number of carbonyl (C=O) groups excluding carboxylic acids is 1. The van der Waals surface area contributed by atoms with Crippen LogP contribution in [-0.2, 0) is 11.2 Å². The molecule has 0 spiro atoms. The fourth-order valence-corrected chi connectivity index (χ4v) is 4.17. The van der Waals surface area contributed by atoms with Gasteiger partial charge in [-0.25, -0.2) is 14.8 Å². The van der Waals surface area contributed by atoms with Crippen LogP contribution in [-0.4, -0.2) is 63.8 Å². The predicted octanol–water partition coefficient (Wildman–Crippen LogP) is 2.19. The van der Waals surface area contributed by atoms with Crippen LogP contribution in [0.2, 0.25) is 5.15 Å². The van der Waals surface area contributed by atoms with Gasteiger partial charge in [0, 0.05) is 19.7 Å². The van der Waals surface area contributed by atoms with E-state index in [0.717, 1.165) is 17.0 Å². The number of carbonyl (C=O) groups is 2. The molecule has 2 aromatic heterocycles. The molecule has 0 aliphatic carbocycles. The second-order valence-corrected chi connectivity index (χ2v) is 7.70. The second-order valence-electron chi connectivity index (χ2n) is 6.33. The van der Waals surface area contributed by atoms with Gasteiger partial charge in [-0.1, -0.05) is 29.9 Å². The number of aromatic amines is 1. The highest BCUT2D eigenvalue weighted by atomic mass is 35.5. The number of aromatic carboxylic acids is 1. The smallest absolute Gasteiger partial charge is 0.347 e. The summed E-state index contributed by atoms with van der Waals surface area (Å²) in [4.78, 5) is 37.1. The van der Waals surface area contributed by atoms with Gasteiger partial charge in [0.2, 0.25) is 0 Å². The van der Waals surface area contributed by atoms with E-state index in [2.05, 4.69) is 20.3 Å². The first kappa shape index (κ1) is 20.6. The predicted molar refractivity (Wildman–Crippen MR) is 106 cm³/mol. The summed E-state index contributed by atoms with van der Waals surface area (Å²) in [7, 11) is 0. The number of carboxylic acid groups (broad SMARTS) is 1. The maximum Gasteiger partial charge on any atom is 0.347 e. The van der Waals surface area contributed by atoms with E-state index in [1.54, 1.807) is 0 Å². The topological polar surface area (TPSA) is 120 Å². The summed E-state index contributed by atoms with van der Waals surface area (Å²) in [5.74, 6) is -1.13. The number of H-pyrrole nitrogens is 1. The van der Waals surface area contributed by atoms with E-state index in [9.17, 15) is 9.59 Å². The average molecular weight is 428 g/mol. The molecule has 0 radical (unpaired) electrons. The molecule has 1 aliphatic heterocycles. The molecule has 1 aliphatic rings. The van der Waals surface area contributed by atoms with E-state index in [4.69, 9.17) is 21.4 Å². The number of nitrogens with one attached hydrogen (secondary N) is 2. The van der Waals surface area contributed by atoms with E-state index in [1.165, 1.54) is 6.20 Å². The van der Waals surface area contributed by atoms with Crippen LogP contribution in [0, 0.1) is 0 Å². The summed E-state index contributed by atoms with van der Waals surface area (Å²) in [6.45, 7) is 5.44. The number of amides is 1. The Hall–Kier alpha value is -2.17. The Kier molecular flexibility index (Phi) is 6.53. The summed E-state index contributed by atoms with van der Waals surface area (Å²) in [6, 6.07) is -0.198. The first-order valence-electron chi connectivity index (χ1n) is 9.03. The van der Waals surface area contributed by atoms with E-state index in [-0.39, 0.29) is 28.8 Å². The van der Waals surface area contributed by atoms with Crippen molar-refractivity contribution in [3.05, 3.63) is 27.7 Å². The lowest BCUT2D eigenvalue weighted by atomic mass is 10.0. The van der Waals surface area contributed by atoms with Crippen LogP contribution in [0.25, 0.3) is 0 Å². The molecule has 1 saturated heterocycles. The van der Waals surface area contributed by atoms with Crippen LogP contribution in [0.1, 0.15) is 46.3 Å². The van der Waals surface area contributed by atoms with Crippen LogP contribution in [0.3, 0.4) is 0 Å². The number of nitrogens with zero attached hydrogens (tertiary/aromatic N) is 3. The van der Waals surface area contributed by atoms with E-state index in [1.807, 2.05) is 18.7 Å². The van der Waals surface area contributed by atoms with Gasteiger partial charge >= 0.3 is 5.97 Å². The largest absolute Gasteiger partial charge is 0.477 e. The van der Waals surface area contributed by atoms with Gasteiger partial charge in [-0.15, -0.1) is 0 Å². The van der Waals surface area contributed by atoms with Crippen LogP contribution < -0.4 is 10.2 Å². The van der Waals surface area contributed by atoms with Crippen LogP contribution in [0.5, 0.6) is 0 Å². The number of hydrogen-bond acceptors (Lipinski definition) is 7. The number of ether oxygens (including phenoxy) is 1. The minimum absolute atomic E-state index is 0.186.